The highest BCUT2D eigenvalue weighted by Crippen LogP contribution is 2.38. The Hall–Kier alpha value is -1.79. The molecule has 114 valence electrons. The van der Waals surface area contributed by atoms with E-state index in [2.05, 4.69) is 26.2 Å². The molecular formula is C15H12BrClN2O3. The summed E-state index contributed by atoms with van der Waals surface area (Å²) >= 11 is 9.47. The van der Waals surface area contributed by atoms with Crippen molar-refractivity contribution in [2.45, 2.75) is 6.42 Å². The molecule has 1 aliphatic rings. The van der Waals surface area contributed by atoms with Crippen LogP contribution in [0.25, 0.3) is 0 Å². The molecule has 0 saturated carbocycles. The number of fused-ring (bicyclic) bond motifs is 1. The van der Waals surface area contributed by atoms with Gasteiger partial charge in [0.25, 0.3) is 5.91 Å². The molecular weight excluding hydrogens is 372 g/mol. The van der Waals surface area contributed by atoms with E-state index < -0.39 is 0 Å². The number of nitrogens with one attached hydrogen (secondary N) is 1. The van der Waals surface area contributed by atoms with E-state index in [4.69, 9.17) is 21.1 Å². The topological polar surface area (TPSA) is 60.5 Å². The van der Waals surface area contributed by atoms with E-state index in [0.717, 1.165) is 10.9 Å². The molecule has 0 fully saturated rings. The number of carbonyl (C=O) groups excluding carboxylic acids is 1. The summed E-state index contributed by atoms with van der Waals surface area (Å²) in [5.74, 6) is 1.11. The molecule has 0 radical (unpaired) electrons. The molecule has 1 amide bonds. The van der Waals surface area contributed by atoms with E-state index in [9.17, 15) is 4.79 Å². The quantitative estimate of drug-likeness (QED) is 0.854. The van der Waals surface area contributed by atoms with E-state index in [1.807, 2.05) is 0 Å². The number of nitrogens with zero attached hydrogens (tertiary/aromatic N) is 1. The zero-order valence-electron chi connectivity index (χ0n) is 11.4. The highest BCUT2D eigenvalue weighted by atomic mass is 79.9. The van der Waals surface area contributed by atoms with Gasteiger partial charge in [-0.1, -0.05) is 11.6 Å². The normalized spacial score (nSPS) is 13.4. The van der Waals surface area contributed by atoms with Crippen molar-refractivity contribution in [1.82, 2.24) is 4.98 Å². The summed E-state index contributed by atoms with van der Waals surface area (Å²) in [7, 11) is 0. The molecule has 1 N–H and O–H groups in total. The van der Waals surface area contributed by atoms with Crippen molar-refractivity contribution in [3.8, 4) is 11.5 Å². The summed E-state index contributed by atoms with van der Waals surface area (Å²) in [5.41, 5.74) is 0.388. The molecule has 2 heterocycles. The zero-order valence-corrected chi connectivity index (χ0v) is 13.8. The van der Waals surface area contributed by atoms with Gasteiger partial charge in [-0.05, 0) is 40.2 Å². The smallest absolute Gasteiger partial charge is 0.257 e. The first kappa shape index (κ1) is 15.1. The molecule has 0 saturated heterocycles. The molecule has 22 heavy (non-hydrogen) atoms. The lowest BCUT2D eigenvalue weighted by molar-refractivity contribution is 0.102. The fraction of sp³-hybridized carbons (Fsp3) is 0.200. The molecule has 0 aliphatic carbocycles. The number of anilines is 1. The summed E-state index contributed by atoms with van der Waals surface area (Å²) in [4.78, 5) is 16.4. The molecule has 5 nitrogen and oxygen atoms in total. The van der Waals surface area contributed by atoms with Crippen LogP contribution in [0.1, 0.15) is 16.8 Å². The predicted molar refractivity (Wildman–Crippen MR) is 86.9 cm³/mol. The molecule has 0 bridgehead atoms. The first-order valence-electron chi connectivity index (χ1n) is 6.65. The van der Waals surface area contributed by atoms with Crippen molar-refractivity contribution in [3.63, 3.8) is 0 Å². The number of hydrogen-bond donors (Lipinski definition) is 1. The van der Waals surface area contributed by atoms with Gasteiger partial charge in [-0.15, -0.1) is 0 Å². The lowest BCUT2D eigenvalue weighted by Gasteiger charge is -2.11. The van der Waals surface area contributed by atoms with Crippen molar-refractivity contribution in [2.24, 2.45) is 0 Å². The Labute approximate surface area is 140 Å². The van der Waals surface area contributed by atoms with Crippen molar-refractivity contribution in [2.75, 3.05) is 18.5 Å². The average Bonchev–Trinajstić information content (AvgIpc) is 2.75. The second-order valence-electron chi connectivity index (χ2n) is 4.65. The molecule has 7 heteroatoms. The summed E-state index contributed by atoms with van der Waals surface area (Å²) < 4.78 is 12.0. The Morgan fingerprint density at radius 1 is 1.27 bits per heavy atom. The van der Waals surface area contributed by atoms with Gasteiger partial charge < -0.3 is 14.8 Å². The maximum Gasteiger partial charge on any atom is 0.257 e. The minimum absolute atomic E-state index is 0.313. The Balaban J connectivity index is 1.85. The number of rotatable bonds is 2. The zero-order chi connectivity index (χ0) is 15.5. The van der Waals surface area contributed by atoms with Gasteiger partial charge in [0.05, 0.1) is 18.2 Å². The number of carbonyl (C=O) groups is 1. The number of hydrogen-bond acceptors (Lipinski definition) is 4. The van der Waals surface area contributed by atoms with Gasteiger partial charge in [0.2, 0.25) is 0 Å². The summed E-state index contributed by atoms with van der Waals surface area (Å²) in [5, 5.41) is 3.06. The van der Waals surface area contributed by atoms with E-state index in [1.54, 1.807) is 30.5 Å². The van der Waals surface area contributed by atoms with E-state index in [0.29, 0.717) is 41.1 Å². The predicted octanol–water partition coefficient (Wildman–Crippen LogP) is 3.91. The largest absolute Gasteiger partial charge is 0.489 e. The van der Waals surface area contributed by atoms with Crippen molar-refractivity contribution in [1.29, 1.82) is 0 Å². The van der Waals surface area contributed by atoms with Gasteiger partial charge in [-0.25, -0.2) is 4.98 Å². The first-order chi connectivity index (χ1) is 10.6. The Bertz CT molecular complexity index is 707. The Morgan fingerprint density at radius 2 is 2.09 bits per heavy atom. The standard InChI is InChI=1S/C15H12BrClN2O3/c16-10-2-3-13(18-8-10)19-15(20)9-6-11(17)14-12(7-9)21-4-1-5-22-14/h2-3,6-8H,1,4-5H2,(H,18,19,20). The van der Waals surface area contributed by atoms with Crippen LogP contribution in [0.5, 0.6) is 11.5 Å². The van der Waals surface area contributed by atoms with Crippen LogP contribution >= 0.6 is 27.5 Å². The van der Waals surface area contributed by atoms with E-state index in [1.165, 1.54) is 0 Å². The van der Waals surface area contributed by atoms with E-state index in [-0.39, 0.29) is 5.91 Å². The van der Waals surface area contributed by atoms with Crippen LogP contribution in [0.2, 0.25) is 5.02 Å². The SMILES string of the molecule is O=C(Nc1ccc(Br)cn1)c1cc(Cl)c2c(c1)OCCCO2. The van der Waals surface area contributed by atoms with Crippen LogP contribution in [-0.4, -0.2) is 24.1 Å². The molecule has 1 aromatic carbocycles. The van der Waals surface area contributed by atoms with E-state index >= 15 is 0 Å². The van der Waals surface area contributed by atoms with Crippen molar-refractivity contribution in [3.05, 3.63) is 45.5 Å². The molecule has 3 rings (SSSR count). The van der Waals surface area contributed by atoms with Crippen LogP contribution in [0, 0.1) is 0 Å². The molecule has 1 aliphatic heterocycles. The number of amides is 1. The van der Waals surface area contributed by atoms with Crippen LogP contribution in [0.4, 0.5) is 5.82 Å². The molecule has 2 aromatic rings. The van der Waals surface area contributed by atoms with Crippen LogP contribution < -0.4 is 14.8 Å². The summed E-state index contributed by atoms with van der Waals surface area (Å²) in [6.07, 6.45) is 2.38. The molecule has 0 unspecified atom stereocenters. The Kier molecular flexibility index (Phi) is 4.49. The Morgan fingerprint density at radius 3 is 2.86 bits per heavy atom. The maximum atomic E-state index is 12.3. The van der Waals surface area contributed by atoms with Gasteiger partial charge in [-0.3, -0.25) is 4.79 Å². The number of halogens is 2. The monoisotopic (exact) mass is 382 g/mol. The van der Waals surface area contributed by atoms with Gasteiger partial charge in [0, 0.05) is 22.7 Å². The summed E-state index contributed by atoms with van der Waals surface area (Å²) in [6.45, 7) is 1.07. The van der Waals surface area contributed by atoms with Gasteiger partial charge in [0.1, 0.15) is 5.82 Å². The van der Waals surface area contributed by atoms with Gasteiger partial charge in [-0.2, -0.15) is 0 Å². The molecule has 0 atom stereocenters. The first-order valence-corrected chi connectivity index (χ1v) is 7.82. The minimum atomic E-state index is -0.313. The minimum Gasteiger partial charge on any atom is -0.489 e. The van der Waals surface area contributed by atoms with Crippen molar-refractivity contribution < 1.29 is 14.3 Å². The third-order valence-corrected chi connectivity index (χ3v) is 3.78. The summed E-state index contributed by atoms with van der Waals surface area (Å²) in [6, 6.07) is 6.68. The third-order valence-electron chi connectivity index (χ3n) is 3.03. The maximum absolute atomic E-state index is 12.3. The number of pyridine rings is 1. The highest BCUT2D eigenvalue weighted by Gasteiger charge is 2.18. The second kappa shape index (κ2) is 6.54. The fourth-order valence-corrected chi connectivity index (χ4v) is 2.50. The average molecular weight is 384 g/mol. The lowest BCUT2D eigenvalue weighted by atomic mass is 10.2. The number of aromatic nitrogens is 1. The number of ether oxygens (including phenoxy) is 2. The molecule has 1 aromatic heterocycles. The highest BCUT2D eigenvalue weighted by molar-refractivity contribution is 9.10. The van der Waals surface area contributed by atoms with Crippen LogP contribution in [-0.2, 0) is 0 Å². The molecule has 0 spiro atoms. The third kappa shape index (κ3) is 3.34. The van der Waals surface area contributed by atoms with Gasteiger partial charge in [0.15, 0.2) is 11.5 Å². The van der Waals surface area contributed by atoms with Gasteiger partial charge >= 0.3 is 0 Å². The van der Waals surface area contributed by atoms with Crippen molar-refractivity contribution >= 4 is 39.3 Å². The second-order valence-corrected chi connectivity index (χ2v) is 5.97. The number of benzene rings is 1. The van der Waals surface area contributed by atoms with Crippen LogP contribution in [0.3, 0.4) is 0 Å². The van der Waals surface area contributed by atoms with Crippen LogP contribution in [0.15, 0.2) is 34.9 Å². The lowest BCUT2D eigenvalue weighted by Crippen LogP contribution is -2.13. The fourth-order valence-electron chi connectivity index (χ4n) is 2.00.